The van der Waals surface area contributed by atoms with E-state index in [1.54, 1.807) is 56.3 Å². The van der Waals surface area contributed by atoms with Crippen LogP contribution >= 0.6 is 0 Å². The van der Waals surface area contributed by atoms with Gasteiger partial charge in [0, 0.05) is 5.56 Å². The molecule has 0 aliphatic rings. The Labute approximate surface area is 205 Å². The number of primary amides is 1. The largest absolute Gasteiger partial charge is 0.488 e. The van der Waals surface area contributed by atoms with Crippen LogP contribution in [0.3, 0.4) is 0 Å². The molecule has 35 heavy (non-hydrogen) atoms. The molecule has 3 aromatic carbocycles. The van der Waals surface area contributed by atoms with Gasteiger partial charge < -0.3 is 20.5 Å². The molecule has 7 nitrogen and oxygen atoms in total. The predicted octanol–water partition coefficient (Wildman–Crippen LogP) is 4.49. The van der Waals surface area contributed by atoms with Gasteiger partial charge in [0.25, 0.3) is 11.8 Å². The van der Waals surface area contributed by atoms with Crippen LogP contribution in [0.25, 0.3) is 0 Å². The van der Waals surface area contributed by atoms with Gasteiger partial charge in [0.2, 0.25) is 0 Å². The summed E-state index contributed by atoms with van der Waals surface area (Å²) in [6, 6.07) is 20.8. The van der Waals surface area contributed by atoms with E-state index in [1.165, 1.54) is 0 Å². The van der Waals surface area contributed by atoms with E-state index in [1.807, 2.05) is 37.3 Å². The Balaban J connectivity index is 1.74. The van der Waals surface area contributed by atoms with Gasteiger partial charge in [-0.15, -0.1) is 0 Å². The number of amides is 2. The summed E-state index contributed by atoms with van der Waals surface area (Å²) in [6.07, 6.45) is -0.229. The molecule has 0 radical (unpaired) electrons. The van der Waals surface area contributed by atoms with Crippen molar-refractivity contribution in [3.05, 3.63) is 101 Å². The van der Waals surface area contributed by atoms with Crippen LogP contribution < -0.4 is 15.8 Å². The lowest BCUT2D eigenvalue weighted by molar-refractivity contribution is -0.147. The fraction of sp³-hybridized carbons (Fsp3) is 0.250. The molecule has 0 bridgehead atoms. The van der Waals surface area contributed by atoms with Gasteiger partial charge in [-0.1, -0.05) is 54.1 Å². The molecule has 2 amide bonds. The summed E-state index contributed by atoms with van der Waals surface area (Å²) in [5.74, 6) is -0.918. The first-order chi connectivity index (χ1) is 16.7. The standard InChI is InChI=1S/C28H30N2O5/c1-18(2)35-26(31)16-24(21-13-11-19(3)12-14-21)30-28(33)22-8-6-7-20(15-22)17-34-25-10-5-4-9-23(25)27(29)32/h4-15,18,24H,16-17H2,1-3H3,(H2,29,32)(H,30,33). The summed E-state index contributed by atoms with van der Waals surface area (Å²) >= 11 is 0. The molecular formula is C28H30N2O5. The zero-order chi connectivity index (χ0) is 25.4. The third-order valence-electron chi connectivity index (χ3n) is 5.26. The second kappa shape index (κ2) is 11.8. The van der Waals surface area contributed by atoms with E-state index in [2.05, 4.69) is 5.32 Å². The Hall–Kier alpha value is -4.13. The number of hydrogen-bond donors (Lipinski definition) is 2. The van der Waals surface area contributed by atoms with E-state index >= 15 is 0 Å². The Morgan fingerprint density at radius 2 is 1.66 bits per heavy atom. The van der Waals surface area contributed by atoms with Crippen LogP contribution in [0.5, 0.6) is 5.75 Å². The lowest BCUT2D eigenvalue weighted by atomic mass is 10.0. The SMILES string of the molecule is Cc1ccc(C(CC(=O)OC(C)C)NC(=O)c2cccc(COc3ccccc3C(N)=O)c2)cc1. The van der Waals surface area contributed by atoms with Crippen molar-refractivity contribution in [1.29, 1.82) is 0 Å². The average Bonchev–Trinajstić information content (AvgIpc) is 2.82. The first-order valence-electron chi connectivity index (χ1n) is 11.4. The van der Waals surface area contributed by atoms with E-state index in [9.17, 15) is 14.4 Å². The number of hydrogen-bond acceptors (Lipinski definition) is 5. The third kappa shape index (κ3) is 7.43. The molecule has 0 spiro atoms. The van der Waals surface area contributed by atoms with Gasteiger partial charge in [-0.3, -0.25) is 14.4 Å². The summed E-state index contributed by atoms with van der Waals surface area (Å²) in [4.78, 5) is 37.1. The Kier molecular flexibility index (Phi) is 8.62. The molecule has 0 heterocycles. The van der Waals surface area contributed by atoms with E-state index in [4.69, 9.17) is 15.2 Å². The molecular weight excluding hydrogens is 444 g/mol. The van der Waals surface area contributed by atoms with Crippen molar-refractivity contribution in [3.8, 4) is 5.75 Å². The first-order valence-corrected chi connectivity index (χ1v) is 11.4. The van der Waals surface area contributed by atoms with Gasteiger partial charge >= 0.3 is 5.97 Å². The van der Waals surface area contributed by atoms with Crippen molar-refractivity contribution in [3.63, 3.8) is 0 Å². The fourth-order valence-electron chi connectivity index (χ4n) is 3.53. The van der Waals surface area contributed by atoms with Crippen LogP contribution in [-0.2, 0) is 16.1 Å². The lowest BCUT2D eigenvalue weighted by Gasteiger charge is -2.20. The number of nitrogens with one attached hydrogen (secondary N) is 1. The summed E-state index contributed by atoms with van der Waals surface area (Å²) in [5, 5.41) is 2.96. The van der Waals surface area contributed by atoms with E-state index < -0.39 is 11.9 Å². The van der Waals surface area contributed by atoms with Crippen molar-refractivity contribution in [2.45, 2.75) is 45.9 Å². The van der Waals surface area contributed by atoms with Crippen LogP contribution in [0.2, 0.25) is 0 Å². The maximum atomic E-state index is 13.1. The molecule has 182 valence electrons. The zero-order valence-electron chi connectivity index (χ0n) is 20.1. The summed E-state index contributed by atoms with van der Waals surface area (Å²) in [5.41, 5.74) is 8.74. The molecule has 0 aliphatic carbocycles. The van der Waals surface area contributed by atoms with E-state index in [0.717, 1.165) is 16.7 Å². The van der Waals surface area contributed by atoms with Crippen LogP contribution in [-0.4, -0.2) is 23.9 Å². The average molecular weight is 475 g/mol. The van der Waals surface area contributed by atoms with Gasteiger partial charge in [-0.25, -0.2) is 0 Å². The third-order valence-corrected chi connectivity index (χ3v) is 5.26. The molecule has 1 atom stereocenters. The smallest absolute Gasteiger partial charge is 0.308 e. The molecule has 3 rings (SSSR count). The van der Waals surface area contributed by atoms with Crippen LogP contribution in [0.1, 0.15) is 63.7 Å². The minimum absolute atomic E-state index is 0.0136. The second-order valence-corrected chi connectivity index (χ2v) is 8.53. The molecule has 0 saturated heterocycles. The number of ether oxygens (including phenoxy) is 2. The number of rotatable bonds is 10. The Bertz CT molecular complexity index is 1190. The molecule has 0 aliphatic heterocycles. The quantitative estimate of drug-likeness (QED) is 0.421. The number of aryl methyl sites for hydroxylation is 1. The summed E-state index contributed by atoms with van der Waals surface area (Å²) < 4.78 is 11.1. The highest BCUT2D eigenvalue weighted by atomic mass is 16.5. The summed E-state index contributed by atoms with van der Waals surface area (Å²) in [7, 11) is 0. The normalized spacial score (nSPS) is 11.5. The zero-order valence-corrected chi connectivity index (χ0v) is 20.1. The van der Waals surface area contributed by atoms with Crippen molar-refractivity contribution in [2.75, 3.05) is 0 Å². The van der Waals surface area contributed by atoms with Crippen molar-refractivity contribution in [2.24, 2.45) is 5.73 Å². The number of nitrogens with two attached hydrogens (primary N) is 1. The monoisotopic (exact) mass is 474 g/mol. The minimum atomic E-state index is -0.577. The maximum Gasteiger partial charge on any atom is 0.308 e. The second-order valence-electron chi connectivity index (χ2n) is 8.53. The van der Waals surface area contributed by atoms with Crippen LogP contribution in [0.4, 0.5) is 0 Å². The molecule has 0 aromatic heterocycles. The lowest BCUT2D eigenvalue weighted by Crippen LogP contribution is -2.31. The first kappa shape index (κ1) is 25.5. The van der Waals surface area contributed by atoms with Gasteiger partial charge in [-0.2, -0.15) is 0 Å². The van der Waals surface area contributed by atoms with Crippen molar-refractivity contribution >= 4 is 17.8 Å². The Morgan fingerprint density at radius 1 is 0.943 bits per heavy atom. The van der Waals surface area contributed by atoms with Crippen molar-refractivity contribution in [1.82, 2.24) is 5.32 Å². The molecule has 3 aromatic rings. The number of carbonyl (C=O) groups is 3. The topological polar surface area (TPSA) is 108 Å². The Morgan fingerprint density at radius 3 is 2.34 bits per heavy atom. The summed E-state index contributed by atoms with van der Waals surface area (Å²) in [6.45, 7) is 5.69. The van der Waals surface area contributed by atoms with E-state index in [0.29, 0.717) is 11.3 Å². The van der Waals surface area contributed by atoms with Crippen molar-refractivity contribution < 1.29 is 23.9 Å². The molecule has 3 N–H and O–H groups in total. The number of esters is 1. The molecule has 0 fully saturated rings. The van der Waals surface area contributed by atoms with Gasteiger partial charge in [0.1, 0.15) is 12.4 Å². The molecule has 1 unspecified atom stereocenters. The van der Waals surface area contributed by atoms with Gasteiger partial charge in [0.05, 0.1) is 24.1 Å². The van der Waals surface area contributed by atoms with Crippen LogP contribution in [0, 0.1) is 6.92 Å². The molecule has 0 saturated carbocycles. The van der Waals surface area contributed by atoms with Gasteiger partial charge in [0.15, 0.2) is 0 Å². The number of carbonyl (C=O) groups excluding carboxylic acids is 3. The highest BCUT2D eigenvalue weighted by Gasteiger charge is 2.21. The molecule has 7 heteroatoms. The predicted molar refractivity (Wildman–Crippen MR) is 133 cm³/mol. The van der Waals surface area contributed by atoms with Gasteiger partial charge in [-0.05, 0) is 56.2 Å². The minimum Gasteiger partial charge on any atom is -0.488 e. The highest BCUT2D eigenvalue weighted by molar-refractivity contribution is 5.96. The number of para-hydroxylation sites is 1. The maximum absolute atomic E-state index is 13.1. The highest BCUT2D eigenvalue weighted by Crippen LogP contribution is 2.21. The fourth-order valence-corrected chi connectivity index (χ4v) is 3.53. The van der Waals surface area contributed by atoms with Crippen LogP contribution in [0.15, 0.2) is 72.8 Å². The van der Waals surface area contributed by atoms with E-state index in [-0.39, 0.29) is 36.6 Å². The number of benzene rings is 3.